The average Bonchev–Trinajstić information content (AvgIpc) is 2.27. The summed E-state index contributed by atoms with van der Waals surface area (Å²) in [5, 5.41) is 8.64. The zero-order valence-electron chi connectivity index (χ0n) is 10.2. The van der Waals surface area contributed by atoms with E-state index in [9.17, 15) is 8.42 Å². The van der Waals surface area contributed by atoms with Crippen LogP contribution in [-0.2, 0) is 15.6 Å². The van der Waals surface area contributed by atoms with Gasteiger partial charge in [0.2, 0.25) is 0 Å². The van der Waals surface area contributed by atoms with E-state index in [1.165, 1.54) is 0 Å². The Kier molecular flexibility index (Phi) is 4.71. The van der Waals surface area contributed by atoms with Crippen LogP contribution in [0.4, 0.5) is 0 Å². The Morgan fingerprint density at radius 1 is 1.24 bits per heavy atom. The Morgan fingerprint density at radius 3 is 2.29 bits per heavy atom. The Bertz CT molecular complexity index is 495. The van der Waals surface area contributed by atoms with Gasteiger partial charge in [0.15, 0.2) is 9.84 Å². The smallest absolute Gasteiger partial charge is 0.154 e. The summed E-state index contributed by atoms with van der Waals surface area (Å²) >= 11 is 0. The van der Waals surface area contributed by atoms with Crippen molar-refractivity contribution in [2.24, 2.45) is 5.92 Å². The first-order valence-electron chi connectivity index (χ1n) is 5.62. The standard InChI is InChI=1S/C13H17NO2S/c1-11(2)7-8-17(15,16)10-13-5-3-12(9-14)4-6-13/h3-6,11H,7-8,10H2,1-2H3. The van der Waals surface area contributed by atoms with Crippen LogP contribution in [0.1, 0.15) is 31.4 Å². The van der Waals surface area contributed by atoms with Gasteiger partial charge in [0, 0.05) is 0 Å². The van der Waals surface area contributed by atoms with E-state index in [4.69, 9.17) is 5.26 Å². The van der Waals surface area contributed by atoms with E-state index in [-0.39, 0.29) is 11.5 Å². The lowest BCUT2D eigenvalue weighted by Crippen LogP contribution is -2.11. The number of sulfone groups is 1. The van der Waals surface area contributed by atoms with Crippen molar-refractivity contribution in [2.75, 3.05) is 5.75 Å². The van der Waals surface area contributed by atoms with Crippen molar-refractivity contribution in [3.63, 3.8) is 0 Å². The van der Waals surface area contributed by atoms with Gasteiger partial charge in [-0.25, -0.2) is 8.42 Å². The fourth-order valence-corrected chi connectivity index (χ4v) is 3.09. The van der Waals surface area contributed by atoms with Gasteiger partial charge in [-0.2, -0.15) is 5.26 Å². The summed E-state index contributed by atoms with van der Waals surface area (Å²) in [4.78, 5) is 0. The van der Waals surface area contributed by atoms with Crippen molar-refractivity contribution in [1.82, 2.24) is 0 Å². The molecule has 0 unspecified atom stereocenters. The SMILES string of the molecule is CC(C)CCS(=O)(=O)Cc1ccc(C#N)cc1. The molecule has 92 valence electrons. The van der Waals surface area contributed by atoms with Crippen molar-refractivity contribution < 1.29 is 8.42 Å². The summed E-state index contributed by atoms with van der Waals surface area (Å²) in [6.07, 6.45) is 0.693. The molecule has 0 heterocycles. The largest absolute Gasteiger partial charge is 0.228 e. The lowest BCUT2D eigenvalue weighted by Gasteiger charge is -2.06. The zero-order chi connectivity index (χ0) is 12.9. The van der Waals surface area contributed by atoms with Crippen molar-refractivity contribution in [3.05, 3.63) is 35.4 Å². The quantitative estimate of drug-likeness (QED) is 0.808. The molecule has 0 saturated carbocycles. The third-order valence-corrected chi connectivity index (χ3v) is 4.11. The summed E-state index contributed by atoms with van der Waals surface area (Å²) in [5.41, 5.74) is 1.29. The maximum atomic E-state index is 11.8. The van der Waals surface area contributed by atoms with E-state index in [0.717, 1.165) is 5.56 Å². The van der Waals surface area contributed by atoms with Crippen molar-refractivity contribution in [3.8, 4) is 6.07 Å². The summed E-state index contributed by atoms with van der Waals surface area (Å²) in [6, 6.07) is 8.70. The molecule has 0 radical (unpaired) electrons. The fraction of sp³-hybridized carbons (Fsp3) is 0.462. The van der Waals surface area contributed by atoms with Crippen LogP contribution >= 0.6 is 0 Å². The first-order chi connectivity index (χ1) is 7.93. The van der Waals surface area contributed by atoms with Gasteiger partial charge in [-0.15, -0.1) is 0 Å². The van der Waals surface area contributed by atoms with Crippen molar-refractivity contribution >= 4 is 9.84 Å². The first kappa shape index (κ1) is 13.7. The monoisotopic (exact) mass is 251 g/mol. The molecule has 0 aliphatic heterocycles. The van der Waals surface area contributed by atoms with Crippen molar-refractivity contribution in [1.29, 1.82) is 5.26 Å². The molecule has 0 amide bonds. The van der Waals surface area contributed by atoms with Crippen LogP contribution < -0.4 is 0 Å². The van der Waals surface area contributed by atoms with Crippen molar-refractivity contribution in [2.45, 2.75) is 26.0 Å². The molecule has 17 heavy (non-hydrogen) atoms. The number of hydrogen-bond donors (Lipinski definition) is 0. The number of rotatable bonds is 5. The molecule has 0 spiro atoms. The molecule has 0 N–H and O–H groups in total. The first-order valence-corrected chi connectivity index (χ1v) is 7.44. The Hall–Kier alpha value is -1.34. The Labute approximate surface area is 103 Å². The molecule has 0 atom stereocenters. The highest BCUT2D eigenvalue weighted by molar-refractivity contribution is 7.90. The highest BCUT2D eigenvalue weighted by atomic mass is 32.2. The molecule has 0 aliphatic rings. The van der Waals surface area contributed by atoms with Gasteiger partial charge in [0.05, 0.1) is 23.1 Å². The second kappa shape index (κ2) is 5.83. The van der Waals surface area contributed by atoms with Gasteiger partial charge in [0.1, 0.15) is 0 Å². The average molecular weight is 251 g/mol. The summed E-state index contributed by atoms with van der Waals surface area (Å²) in [5.74, 6) is 0.682. The molecular formula is C13H17NO2S. The molecule has 1 rings (SSSR count). The van der Waals surface area contributed by atoms with Gasteiger partial charge < -0.3 is 0 Å². The lowest BCUT2D eigenvalue weighted by molar-refractivity contribution is 0.573. The Balaban J connectivity index is 2.67. The van der Waals surface area contributed by atoms with Crippen LogP contribution in [0.2, 0.25) is 0 Å². The van der Waals surface area contributed by atoms with Crippen LogP contribution in [0, 0.1) is 17.2 Å². The van der Waals surface area contributed by atoms with Crippen LogP contribution in [0.3, 0.4) is 0 Å². The normalized spacial score (nSPS) is 11.4. The predicted octanol–water partition coefficient (Wildman–Crippen LogP) is 2.52. The fourth-order valence-electron chi connectivity index (χ4n) is 1.42. The third-order valence-electron chi connectivity index (χ3n) is 2.48. The lowest BCUT2D eigenvalue weighted by atomic mass is 10.2. The molecule has 0 bridgehead atoms. The predicted molar refractivity (Wildman–Crippen MR) is 68.1 cm³/mol. The minimum absolute atomic E-state index is 0.0609. The van der Waals surface area contributed by atoms with Crippen LogP contribution in [0.15, 0.2) is 24.3 Å². The van der Waals surface area contributed by atoms with Gasteiger partial charge in [-0.05, 0) is 30.0 Å². The highest BCUT2D eigenvalue weighted by Gasteiger charge is 2.12. The molecule has 0 saturated heterocycles. The van der Waals surface area contributed by atoms with Gasteiger partial charge in [-0.3, -0.25) is 0 Å². The number of nitrogens with zero attached hydrogens (tertiary/aromatic N) is 1. The molecule has 0 aliphatic carbocycles. The van der Waals surface area contributed by atoms with Crippen LogP contribution in [-0.4, -0.2) is 14.2 Å². The Morgan fingerprint density at radius 2 is 1.82 bits per heavy atom. The molecule has 4 heteroatoms. The van der Waals surface area contributed by atoms with E-state index in [2.05, 4.69) is 0 Å². The minimum Gasteiger partial charge on any atom is -0.228 e. The van der Waals surface area contributed by atoms with E-state index in [0.29, 0.717) is 17.9 Å². The topological polar surface area (TPSA) is 57.9 Å². The summed E-state index contributed by atoms with van der Waals surface area (Å²) in [6.45, 7) is 4.02. The number of hydrogen-bond acceptors (Lipinski definition) is 3. The number of nitriles is 1. The molecule has 0 fully saturated rings. The molecule has 1 aromatic rings. The third kappa shape index (κ3) is 5.01. The van der Waals surface area contributed by atoms with Gasteiger partial charge >= 0.3 is 0 Å². The van der Waals surface area contributed by atoms with E-state index in [1.54, 1.807) is 24.3 Å². The number of benzene rings is 1. The van der Waals surface area contributed by atoms with Gasteiger partial charge in [0.25, 0.3) is 0 Å². The minimum atomic E-state index is -3.03. The maximum Gasteiger partial charge on any atom is 0.154 e. The molecule has 1 aromatic carbocycles. The molecule has 0 aromatic heterocycles. The van der Waals surface area contributed by atoms with Gasteiger partial charge in [-0.1, -0.05) is 26.0 Å². The maximum absolute atomic E-state index is 11.8. The molecule has 3 nitrogen and oxygen atoms in total. The van der Waals surface area contributed by atoms with Crippen LogP contribution in [0.5, 0.6) is 0 Å². The molecular weight excluding hydrogens is 234 g/mol. The van der Waals surface area contributed by atoms with E-state index in [1.807, 2.05) is 19.9 Å². The van der Waals surface area contributed by atoms with Crippen LogP contribution in [0.25, 0.3) is 0 Å². The summed E-state index contributed by atoms with van der Waals surface area (Å²) in [7, 11) is -3.03. The second-order valence-electron chi connectivity index (χ2n) is 4.58. The zero-order valence-corrected chi connectivity index (χ0v) is 11.0. The highest BCUT2D eigenvalue weighted by Crippen LogP contribution is 2.11. The summed E-state index contributed by atoms with van der Waals surface area (Å²) < 4.78 is 23.6. The van der Waals surface area contributed by atoms with E-state index < -0.39 is 9.84 Å². The van der Waals surface area contributed by atoms with E-state index >= 15 is 0 Å². The second-order valence-corrected chi connectivity index (χ2v) is 6.77.